The molecule has 0 aliphatic heterocycles. The lowest BCUT2D eigenvalue weighted by molar-refractivity contribution is 0.623. The number of rotatable bonds is 5. The Bertz CT molecular complexity index is 490. The summed E-state index contributed by atoms with van der Waals surface area (Å²) in [4.78, 5) is 4.21. The Morgan fingerprint density at radius 3 is 2.83 bits per heavy atom. The standard InChI is InChI=1S/C14H20N4/c1-4-13-12(10-18(3)17-13)14(16-5-2)11-7-6-8-15-9-11/h6-10,14,16H,4-5H2,1-3H3. The molecule has 2 heterocycles. The maximum Gasteiger partial charge on any atom is 0.0673 e. The Morgan fingerprint density at radius 2 is 2.22 bits per heavy atom. The molecule has 96 valence electrons. The molecule has 0 aromatic carbocycles. The van der Waals surface area contributed by atoms with Crippen LogP contribution in [0.1, 0.15) is 36.7 Å². The van der Waals surface area contributed by atoms with E-state index in [9.17, 15) is 0 Å². The second-order valence-electron chi connectivity index (χ2n) is 4.34. The van der Waals surface area contributed by atoms with E-state index in [0.29, 0.717) is 0 Å². The van der Waals surface area contributed by atoms with Crippen LogP contribution >= 0.6 is 0 Å². The molecule has 2 rings (SSSR count). The third-order valence-corrected chi connectivity index (χ3v) is 3.01. The van der Waals surface area contributed by atoms with E-state index in [1.807, 2.05) is 24.0 Å². The van der Waals surface area contributed by atoms with E-state index in [4.69, 9.17) is 0 Å². The summed E-state index contributed by atoms with van der Waals surface area (Å²) in [6.45, 7) is 5.17. The molecule has 18 heavy (non-hydrogen) atoms. The van der Waals surface area contributed by atoms with Gasteiger partial charge in [-0.15, -0.1) is 0 Å². The largest absolute Gasteiger partial charge is 0.306 e. The molecule has 2 aromatic heterocycles. The van der Waals surface area contributed by atoms with Crippen LogP contribution in [0.2, 0.25) is 0 Å². The van der Waals surface area contributed by atoms with Gasteiger partial charge in [-0.05, 0) is 24.6 Å². The molecule has 0 saturated carbocycles. The highest BCUT2D eigenvalue weighted by molar-refractivity contribution is 5.31. The van der Waals surface area contributed by atoms with E-state index in [2.05, 4.69) is 41.5 Å². The number of nitrogens with zero attached hydrogens (tertiary/aromatic N) is 3. The summed E-state index contributed by atoms with van der Waals surface area (Å²) in [5.74, 6) is 0. The first-order valence-electron chi connectivity index (χ1n) is 6.42. The van der Waals surface area contributed by atoms with E-state index in [-0.39, 0.29) is 6.04 Å². The third kappa shape index (κ3) is 2.59. The van der Waals surface area contributed by atoms with E-state index >= 15 is 0 Å². The quantitative estimate of drug-likeness (QED) is 0.875. The Morgan fingerprint density at radius 1 is 1.39 bits per heavy atom. The van der Waals surface area contributed by atoms with Gasteiger partial charge in [0.15, 0.2) is 0 Å². The number of aromatic nitrogens is 3. The van der Waals surface area contributed by atoms with Crippen molar-refractivity contribution in [2.45, 2.75) is 26.3 Å². The summed E-state index contributed by atoms with van der Waals surface area (Å²) in [5, 5.41) is 8.02. The summed E-state index contributed by atoms with van der Waals surface area (Å²) < 4.78 is 1.88. The lowest BCUT2D eigenvalue weighted by Crippen LogP contribution is -2.22. The summed E-state index contributed by atoms with van der Waals surface area (Å²) in [6, 6.07) is 4.25. The van der Waals surface area contributed by atoms with E-state index in [0.717, 1.165) is 18.7 Å². The van der Waals surface area contributed by atoms with Gasteiger partial charge in [-0.3, -0.25) is 9.67 Å². The molecule has 1 N–H and O–H groups in total. The average Bonchev–Trinajstić information content (AvgIpc) is 2.78. The fourth-order valence-corrected chi connectivity index (χ4v) is 2.23. The van der Waals surface area contributed by atoms with Gasteiger partial charge in [0, 0.05) is 31.2 Å². The van der Waals surface area contributed by atoms with E-state index in [1.54, 1.807) is 6.20 Å². The predicted molar refractivity (Wildman–Crippen MR) is 72.3 cm³/mol. The van der Waals surface area contributed by atoms with Gasteiger partial charge in [-0.25, -0.2) is 0 Å². The first kappa shape index (κ1) is 12.8. The summed E-state index contributed by atoms with van der Waals surface area (Å²) in [5.41, 5.74) is 3.57. The topological polar surface area (TPSA) is 42.7 Å². The van der Waals surface area contributed by atoms with Crippen LogP contribution in [-0.4, -0.2) is 21.3 Å². The molecule has 0 aliphatic carbocycles. The molecular formula is C14H20N4. The van der Waals surface area contributed by atoms with Crippen LogP contribution in [0.4, 0.5) is 0 Å². The van der Waals surface area contributed by atoms with Crippen molar-refractivity contribution in [2.24, 2.45) is 7.05 Å². The molecule has 0 radical (unpaired) electrons. The SMILES string of the molecule is CCNC(c1cccnc1)c1cn(C)nc1CC. The Labute approximate surface area is 108 Å². The molecule has 1 atom stereocenters. The molecule has 0 spiro atoms. The number of hydrogen-bond donors (Lipinski definition) is 1. The number of aryl methyl sites for hydroxylation is 2. The van der Waals surface area contributed by atoms with Gasteiger partial charge >= 0.3 is 0 Å². The van der Waals surface area contributed by atoms with Gasteiger partial charge in [0.2, 0.25) is 0 Å². The normalized spacial score (nSPS) is 12.6. The summed E-state index contributed by atoms with van der Waals surface area (Å²) >= 11 is 0. The van der Waals surface area contributed by atoms with Crippen LogP contribution < -0.4 is 5.32 Å². The van der Waals surface area contributed by atoms with Crippen molar-refractivity contribution in [3.05, 3.63) is 47.5 Å². The second kappa shape index (κ2) is 5.78. The Balaban J connectivity index is 2.41. The fraction of sp³-hybridized carbons (Fsp3) is 0.429. The minimum atomic E-state index is 0.173. The van der Waals surface area contributed by atoms with Crippen LogP contribution in [-0.2, 0) is 13.5 Å². The van der Waals surface area contributed by atoms with Crippen molar-refractivity contribution in [1.29, 1.82) is 0 Å². The molecule has 0 saturated heterocycles. The van der Waals surface area contributed by atoms with Gasteiger partial charge in [-0.1, -0.05) is 19.9 Å². The van der Waals surface area contributed by atoms with Crippen LogP contribution in [0.25, 0.3) is 0 Å². The summed E-state index contributed by atoms with van der Waals surface area (Å²) in [7, 11) is 1.97. The van der Waals surface area contributed by atoms with Crippen molar-refractivity contribution in [3.8, 4) is 0 Å². The van der Waals surface area contributed by atoms with E-state index in [1.165, 1.54) is 11.1 Å². The number of nitrogens with one attached hydrogen (secondary N) is 1. The van der Waals surface area contributed by atoms with Crippen LogP contribution in [0, 0.1) is 0 Å². The molecular weight excluding hydrogens is 224 g/mol. The van der Waals surface area contributed by atoms with E-state index < -0.39 is 0 Å². The van der Waals surface area contributed by atoms with Crippen LogP contribution in [0.5, 0.6) is 0 Å². The second-order valence-corrected chi connectivity index (χ2v) is 4.34. The maximum absolute atomic E-state index is 4.51. The van der Waals surface area contributed by atoms with Crippen molar-refractivity contribution in [1.82, 2.24) is 20.1 Å². The molecule has 0 bridgehead atoms. The first-order valence-corrected chi connectivity index (χ1v) is 6.42. The highest BCUT2D eigenvalue weighted by Crippen LogP contribution is 2.24. The zero-order valence-corrected chi connectivity index (χ0v) is 11.2. The molecule has 0 amide bonds. The molecule has 0 aliphatic rings. The van der Waals surface area contributed by atoms with Crippen molar-refractivity contribution in [2.75, 3.05) is 6.54 Å². The minimum Gasteiger partial charge on any atom is -0.306 e. The lowest BCUT2D eigenvalue weighted by atomic mass is 10.00. The summed E-state index contributed by atoms with van der Waals surface area (Å²) in [6.07, 6.45) is 6.76. The number of hydrogen-bond acceptors (Lipinski definition) is 3. The van der Waals surface area contributed by atoms with Crippen LogP contribution in [0.15, 0.2) is 30.7 Å². The minimum absolute atomic E-state index is 0.173. The number of pyridine rings is 1. The van der Waals surface area contributed by atoms with Crippen molar-refractivity contribution in [3.63, 3.8) is 0 Å². The smallest absolute Gasteiger partial charge is 0.0673 e. The van der Waals surface area contributed by atoms with Crippen LogP contribution in [0.3, 0.4) is 0 Å². The zero-order chi connectivity index (χ0) is 13.0. The Hall–Kier alpha value is -1.68. The highest BCUT2D eigenvalue weighted by atomic mass is 15.3. The molecule has 0 fully saturated rings. The monoisotopic (exact) mass is 244 g/mol. The predicted octanol–water partition coefficient (Wildman–Crippen LogP) is 2.08. The highest BCUT2D eigenvalue weighted by Gasteiger charge is 2.18. The van der Waals surface area contributed by atoms with Gasteiger partial charge in [0.25, 0.3) is 0 Å². The lowest BCUT2D eigenvalue weighted by Gasteiger charge is -2.17. The van der Waals surface area contributed by atoms with Gasteiger partial charge in [0.05, 0.1) is 11.7 Å². The molecule has 1 unspecified atom stereocenters. The zero-order valence-electron chi connectivity index (χ0n) is 11.2. The van der Waals surface area contributed by atoms with Gasteiger partial charge in [-0.2, -0.15) is 5.10 Å². The average molecular weight is 244 g/mol. The maximum atomic E-state index is 4.51. The molecule has 2 aromatic rings. The van der Waals surface area contributed by atoms with Gasteiger partial charge < -0.3 is 5.32 Å². The van der Waals surface area contributed by atoms with Crippen molar-refractivity contribution < 1.29 is 0 Å². The first-order chi connectivity index (χ1) is 8.76. The third-order valence-electron chi connectivity index (χ3n) is 3.01. The Kier molecular flexibility index (Phi) is 4.10. The molecule has 4 heteroatoms. The molecule has 4 nitrogen and oxygen atoms in total. The van der Waals surface area contributed by atoms with Gasteiger partial charge in [0.1, 0.15) is 0 Å². The fourth-order valence-electron chi connectivity index (χ4n) is 2.23. The van der Waals surface area contributed by atoms with Crippen molar-refractivity contribution >= 4 is 0 Å².